The molecule has 5 nitrogen and oxygen atoms in total. The van der Waals surface area contributed by atoms with Gasteiger partial charge >= 0.3 is 0 Å². The van der Waals surface area contributed by atoms with Crippen molar-refractivity contribution in [3.8, 4) is 0 Å². The average Bonchev–Trinajstić information content (AvgIpc) is 2.78. The highest BCUT2D eigenvalue weighted by atomic mass is 16.2. The maximum atomic E-state index is 12.8. The zero-order valence-corrected chi connectivity index (χ0v) is 13.9. The molecule has 1 aliphatic heterocycles. The maximum Gasteiger partial charge on any atom is 0.233 e. The third kappa shape index (κ3) is 2.86. The van der Waals surface area contributed by atoms with E-state index in [0.29, 0.717) is 12.8 Å². The summed E-state index contributed by atoms with van der Waals surface area (Å²) in [5.74, 6) is -0.265. The molecule has 0 aromatic heterocycles. The number of carbonyl (C=O) groups is 4. The van der Waals surface area contributed by atoms with Gasteiger partial charge in [-0.15, -0.1) is 0 Å². The minimum absolute atomic E-state index is 0.0340. The van der Waals surface area contributed by atoms with Crippen molar-refractivity contribution in [3.05, 3.63) is 0 Å². The lowest BCUT2D eigenvalue weighted by molar-refractivity contribution is -0.143. The van der Waals surface area contributed by atoms with Crippen LogP contribution >= 0.6 is 0 Å². The molecular formula is C18H25NO4. The van der Waals surface area contributed by atoms with E-state index in [1.54, 1.807) is 13.8 Å². The summed E-state index contributed by atoms with van der Waals surface area (Å²) >= 11 is 0. The molecule has 3 unspecified atom stereocenters. The highest BCUT2D eigenvalue weighted by Crippen LogP contribution is 2.43. The summed E-state index contributed by atoms with van der Waals surface area (Å²) in [6.45, 7) is 3.20. The van der Waals surface area contributed by atoms with Crippen molar-refractivity contribution in [2.45, 2.75) is 64.8 Å². The lowest BCUT2D eigenvalue weighted by atomic mass is 9.74. The Morgan fingerprint density at radius 1 is 0.783 bits per heavy atom. The fourth-order valence-corrected chi connectivity index (χ4v) is 4.67. The minimum atomic E-state index is -0.296. The molecule has 3 rings (SSSR count). The number of likely N-dealkylation sites (tertiary alicyclic amines) is 1. The summed E-state index contributed by atoms with van der Waals surface area (Å²) in [7, 11) is 0. The number of amides is 2. The van der Waals surface area contributed by atoms with Crippen molar-refractivity contribution in [3.63, 3.8) is 0 Å². The van der Waals surface area contributed by atoms with Crippen molar-refractivity contribution in [2.24, 2.45) is 23.7 Å². The smallest absolute Gasteiger partial charge is 0.233 e. The Morgan fingerprint density at radius 2 is 1.30 bits per heavy atom. The van der Waals surface area contributed by atoms with Crippen molar-refractivity contribution < 1.29 is 19.2 Å². The number of imide groups is 1. The number of hydrogen-bond donors (Lipinski definition) is 0. The van der Waals surface area contributed by atoms with Crippen molar-refractivity contribution in [2.75, 3.05) is 0 Å². The van der Waals surface area contributed by atoms with Gasteiger partial charge in [0.05, 0.1) is 11.8 Å². The van der Waals surface area contributed by atoms with Gasteiger partial charge in [0.25, 0.3) is 0 Å². The molecule has 0 radical (unpaired) electrons. The van der Waals surface area contributed by atoms with E-state index in [0.717, 1.165) is 32.1 Å². The number of rotatable bonds is 3. The van der Waals surface area contributed by atoms with Gasteiger partial charge in [-0.1, -0.05) is 0 Å². The molecule has 5 heteroatoms. The van der Waals surface area contributed by atoms with E-state index >= 15 is 0 Å². The summed E-state index contributed by atoms with van der Waals surface area (Å²) in [5.41, 5.74) is 0. The molecule has 2 amide bonds. The fourth-order valence-electron chi connectivity index (χ4n) is 4.67. The van der Waals surface area contributed by atoms with Crippen LogP contribution in [0.15, 0.2) is 0 Å². The Kier molecular flexibility index (Phi) is 4.39. The summed E-state index contributed by atoms with van der Waals surface area (Å²) in [4.78, 5) is 50.0. The van der Waals surface area contributed by atoms with Crippen LogP contribution in [0, 0.1) is 23.7 Å². The van der Waals surface area contributed by atoms with E-state index < -0.39 is 0 Å². The topological polar surface area (TPSA) is 71.5 Å². The average molecular weight is 319 g/mol. The molecule has 3 atom stereocenters. The zero-order chi connectivity index (χ0) is 16.7. The summed E-state index contributed by atoms with van der Waals surface area (Å²) < 4.78 is 0. The molecule has 0 bridgehead atoms. The van der Waals surface area contributed by atoms with Crippen molar-refractivity contribution in [1.82, 2.24) is 4.90 Å². The second-order valence-electron chi connectivity index (χ2n) is 7.50. The molecule has 126 valence electrons. The van der Waals surface area contributed by atoms with E-state index in [-0.39, 0.29) is 53.1 Å². The Morgan fingerprint density at radius 3 is 1.87 bits per heavy atom. The third-order valence-electron chi connectivity index (χ3n) is 6.17. The number of fused-ring (bicyclic) bond motifs is 1. The first-order chi connectivity index (χ1) is 10.9. The lowest BCUT2D eigenvalue weighted by Gasteiger charge is -2.32. The predicted octanol–water partition coefficient (Wildman–Crippen LogP) is 2.12. The Labute approximate surface area is 136 Å². The second kappa shape index (κ2) is 6.17. The lowest BCUT2D eigenvalue weighted by Crippen LogP contribution is -2.43. The largest absolute Gasteiger partial charge is 0.300 e. The Bertz CT molecular complexity index is 547. The van der Waals surface area contributed by atoms with Gasteiger partial charge in [-0.3, -0.25) is 24.1 Å². The highest BCUT2D eigenvalue weighted by molar-refractivity contribution is 6.05. The summed E-state index contributed by atoms with van der Waals surface area (Å²) in [6, 6.07) is -0.0491. The van der Waals surface area contributed by atoms with E-state index in [1.807, 2.05) is 0 Å². The van der Waals surface area contributed by atoms with Crippen LogP contribution in [0.25, 0.3) is 0 Å². The van der Waals surface area contributed by atoms with E-state index in [2.05, 4.69) is 0 Å². The van der Waals surface area contributed by atoms with E-state index in [9.17, 15) is 19.2 Å². The molecule has 0 aromatic rings. The molecular weight excluding hydrogens is 294 g/mol. The third-order valence-corrected chi connectivity index (χ3v) is 6.17. The number of ketones is 2. The molecule has 0 spiro atoms. The van der Waals surface area contributed by atoms with E-state index in [1.165, 1.54) is 4.90 Å². The van der Waals surface area contributed by atoms with Gasteiger partial charge in [0.2, 0.25) is 11.8 Å². The van der Waals surface area contributed by atoms with Gasteiger partial charge in [-0.05, 0) is 58.8 Å². The Balaban J connectivity index is 1.70. The monoisotopic (exact) mass is 319 g/mol. The summed E-state index contributed by atoms with van der Waals surface area (Å²) in [5, 5.41) is 0. The van der Waals surface area contributed by atoms with Gasteiger partial charge < -0.3 is 0 Å². The molecule has 1 saturated heterocycles. The first-order valence-electron chi connectivity index (χ1n) is 8.78. The molecule has 0 N–H and O–H groups in total. The van der Waals surface area contributed by atoms with Crippen molar-refractivity contribution >= 4 is 23.4 Å². The molecule has 1 heterocycles. The Hall–Kier alpha value is -1.52. The zero-order valence-electron chi connectivity index (χ0n) is 13.9. The van der Waals surface area contributed by atoms with Crippen LogP contribution in [0.3, 0.4) is 0 Å². The van der Waals surface area contributed by atoms with Crippen molar-refractivity contribution in [1.29, 1.82) is 0 Å². The molecule has 0 aromatic carbocycles. The predicted molar refractivity (Wildman–Crippen MR) is 83.3 cm³/mol. The second-order valence-corrected chi connectivity index (χ2v) is 7.50. The first-order valence-corrected chi connectivity index (χ1v) is 8.78. The number of hydrogen-bond acceptors (Lipinski definition) is 4. The van der Waals surface area contributed by atoms with E-state index in [4.69, 9.17) is 0 Å². The molecule has 2 saturated carbocycles. The van der Waals surface area contributed by atoms with Crippen LogP contribution in [0.4, 0.5) is 0 Å². The van der Waals surface area contributed by atoms with Crippen LogP contribution < -0.4 is 0 Å². The van der Waals surface area contributed by atoms with Crippen LogP contribution in [0.2, 0.25) is 0 Å². The first kappa shape index (κ1) is 16.3. The van der Waals surface area contributed by atoms with Gasteiger partial charge in [0.1, 0.15) is 11.6 Å². The quantitative estimate of drug-likeness (QED) is 0.747. The standard InChI is InChI=1S/C18H25NO4/c1-10(20)12-3-6-14(7-4-12)19-17(22)15-8-5-13(11(2)21)9-16(15)18(19)23/h12-16H,3-9H2,1-2H3. The highest BCUT2D eigenvalue weighted by Gasteiger charge is 2.52. The van der Waals surface area contributed by atoms with Gasteiger partial charge in [0, 0.05) is 17.9 Å². The number of carbonyl (C=O) groups excluding carboxylic acids is 4. The number of Topliss-reactive ketones (excluding diaryl/α,β-unsaturated/α-hetero) is 2. The van der Waals surface area contributed by atoms with Crippen LogP contribution in [-0.4, -0.2) is 34.3 Å². The van der Waals surface area contributed by atoms with Gasteiger partial charge in [-0.2, -0.15) is 0 Å². The normalized spacial score (nSPS) is 37.7. The van der Waals surface area contributed by atoms with Crippen LogP contribution in [0.5, 0.6) is 0 Å². The van der Waals surface area contributed by atoms with Gasteiger partial charge in [-0.25, -0.2) is 0 Å². The molecule has 3 aliphatic rings. The molecule has 3 fully saturated rings. The molecule has 2 aliphatic carbocycles. The molecule has 23 heavy (non-hydrogen) atoms. The summed E-state index contributed by atoms with van der Waals surface area (Å²) in [6.07, 6.45) is 4.91. The van der Waals surface area contributed by atoms with Crippen LogP contribution in [-0.2, 0) is 19.2 Å². The number of nitrogens with zero attached hydrogens (tertiary/aromatic N) is 1. The van der Waals surface area contributed by atoms with Gasteiger partial charge in [0.15, 0.2) is 0 Å². The van der Waals surface area contributed by atoms with Crippen LogP contribution in [0.1, 0.15) is 58.8 Å². The minimum Gasteiger partial charge on any atom is -0.300 e. The fraction of sp³-hybridized carbons (Fsp3) is 0.778. The SMILES string of the molecule is CC(=O)C1CCC(N2C(=O)C3CCC(C(C)=O)CC3C2=O)CC1. The maximum absolute atomic E-state index is 12.8.